The summed E-state index contributed by atoms with van der Waals surface area (Å²) < 4.78 is 0. The van der Waals surface area contributed by atoms with Crippen molar-refractivity contribution in [2.75, 3.05) is 0 Å². The fraction of sp³-hybridized carbons (Fsp3) is 0.500. The maximum Gasteiger partial charge on any atom is 0.199 e. The summed E-state index contributed by atoms with van der Waals surface area (Å²) in [6.07, 6.45) is 2.85. The van der Waals surface area contributed by atoms with Crippen LogP contribution in [0.1, 0.15) is 19.8 Å². The maximum atomic E-state index is 9.49. The molecule has 0 spiro atoms. The van der Waals surface area contributed by atoms with E-state index in [1.54, 1.807) is 13.2 Å². The van der Waals surface area contributed by atoms with Crippen molar-refractivity contribution in [3.8, 4) is 11.8 Å². The predicted molar refractivity (Wildman–Crippen MR) is 28.4 cm³/mol. The molecule has 0 aromatic heterocycles. The highest BCUT2D eigenvalue weighted by Gasteiger charge is 1.73. The summed E-state index contributed by atoms with van der Waals surface area (Å²) in [6, 6.07) is 0. The average Bonchev–Trinajstić information content (AvgIpc) is 1.69. The zero-order valence-electron chi connectivity index (χ0n) is 4.32. The van der Waals surface area contributed by atoms with Gasteiger partial charge in [-0.1, -0.05) is 0 Å². The van der Waals surface area contributed by atoms with Crippen LogP contribution >= 0.6 is 0 Å². The molecule has 0 amide bonds. The Balaban J connectivity index is 2.92. The Bertz CT molecular complexity index is 94.5. The van der Waals surface area contributed by atoms with E-state index in [0.29, 0.717) is 12.8 Å². The molecule has 7 heavy (non-hydrogen) atoms. The summed E-state index contributed by atoms with van der Waals surface area (Å²) in [7, 11) is 0. The van der Waals surface area contributed by atoms with E-state index in [4.69, 9.17) is 0 Å². The highest BCUT2D eigenvalue weighted by Crippen LogP contribution is 1.77. The van der Waals surface area contributed by atoms with Gasteiger partial charge in [0.05, 0.1) is 0 Å². The van der Waals surface area contributed by atoms with E-state index in [9.17, 15) is 4.79 Å². The minimum atomic E-state index is 0.445. The van der Waals surface area contributed by atoms with Crippen LogP contribution in [0.4, 0.5) is 0 Å². The second-order valence-corrected chi connectivity index (χ2v) is 1.07. The lowest BCUT2D eigenvalue weighted by atomic mass is 10.3. The normalized spacial score (nSPS) is 6.43. The van der Waals surface area contributed by atoms with Crippen LogP contribution in [0.5, 0.6) is 0 Å². The Kier molecular flexibility index (Phi) is 4.65. The molecule has 0 saturated heterocycles. The van der Waals surface area contributed by atoms with Gasteiger partial charge >= 0.3 is 0 Å². The molecule has 0 saturated carbocycles. The van der Waals surface area contributed by atoms with Gasteiger partial charge in [-0.15, -0.1) is 11.8 Å². The fourth-order valence-electron chi connectivity index (χ4n) is 0.239. The van der Waals surface area contributed by atoms with Gasteiger partial charge < -0.3 is 0 Å². The van der Waals surface area contributed by atoms with Crippen LogP contribution in [0.3, 0.4) is 0 Å². The summed E-state index contributed by atoms with van der Waals surface area (Å²) >= 11 is 0. The van der Waals surface area contributed by atoms with Gasteiger partial charge in [0.1, 0.15) is 0 Å². The molecule has 1 radical (unpaired) electrons. The van der Waals surface area contributed by atoms with Gasteiger partial charge in [-0.25, -0.2) is 0 Å². The minimum absolute atomic E-state index is 0.445. The number of rotatable bonds is 2. The third kappa shape index (κ3) is 5.23. The molecule has 0 fully saturated rings. The molecule has 1 heteroatoms. The number of unbranched alkanes of at least 4 members (excludes halogenated alkanes) is 1. The van der Waals surface area contributed by atoms with Crippen LogP contribution in [0.2, 0.25) is 0 Å². The number of carbonyl (C=O) groups excluding carboxylic acids is 1. The first-order valence-corrected chi connectivity index (χ1v) is 2.16. The first-order chi connectivity index (χ1) is 3.41. The Morgan fingerprint density at radius 2 is 2.14 bits per heavy atom. The van der Waals surface area contributed by atoms with E-state index in [2.05, 4.69) is 11.8 Å². The van der Waals surface area contributed by atoms with Gasteiger partial charge in [0, 0.05) is 12.8 Å². The monoisotopic (exact) mass is 95.0 g/mol. The standard InChI is InChI=1S/C6H7O/c1-2-3-4-5-6-7/h4-5H2,1H3. The second kappa shape index (κ2) is 5.23. The van der Waals surface area contributed by atoms with Gasteiger partial charge in [-0.3, -0.25) is 4.79 Å². The fourth-order valence-corrected chi connectivity index (χ4v) is 0.239. The number of hydrogen-bond donors (Lipinski definition) is 0. The van der Waals surface area contributed by atoms with Crippen molar-refractivity contribution < 1.29 is 4.79 Å². The molecular formula is C6H7O. The van der Waals surface area contributed by atoms with E-state index in [1.165, 1.54) is 0 Å². The van der Waals surface area contributed by atoms with Crippen molar-refractivity contribution in [3.63, 3.8) is 0 Å². The van der Waals surface area contributed by atoms with Crippen LogP contribution in [0.15, 0.2) is 0 Å². The molecule has 0 rings (SSSR count). The molecule has 1 nitrogen and oxygen atoms in total. The Morgan fingerprint density at radius 3 is 2.57 bits per heavy atom. The Morgan fingerprint density at radius 1 is 1.43 bits per heavy atom. The van der Waals surface area contributed by atoms with Crippen LogP contribution in [0, 0.1) is 11.8 Å². The summed E-state index contributed by atoms with van der Waals surface area (Å²) in [4.78, 5) is 9.49. The van der Waals surface area contributed by atoms with Crippen LogP contribution in [-0.4, -0.2) is 6.29 Å². The van der Waals surface area contributed by atoms with E-state index in [0.717, 1.165) is 0 Å². The van der Waals surface area contributed by atoms with E-state index in [1.807, 2.05) is 0 Å². The molecule has 0 aliphatic heterocycles. The van der Waals surface area contributed by atoms with Crippen LogP contribution in [-0.2, 0) is 4.79 Å². The largest absolute Gasteiger partial charge is 0.291 e. The van der Waals surface area contributed by atoms with Crippen molar-refractivity contribution >= 4 is 6.29 Å². The van der Waals surface area contributed by atoms with Crippen molar-refractivity contribution in [1.82, 2.24) is 0 Å². The van der Waals surface area contributed by atoms with E-state index in [-0.39, 0.29) is 0 Å². The smallest absolute Gasteiger partial charge is 0.199 e. The minimum Gasteiger partial charge on any atom is -0.291 e. The highest BCUT2D eigenvalue weighted by atomic mass is 16.1. The van der Waals surface area contributed by atoms with Gasteiger partial charge in [-0.2, -0.15) is 0 Å². The number of hydrogen-bond acceptors (Lipinski definition) is 1. The molecule has 0 heterocycles. The zero-order chi connectivity index (χ0) is 5.54. The van der Waals surface area contributed by atoms with Crippen molar-refractivity contribution in [2.24, 2.45) is 0 Å². The van der Waals surface area contributed by atoms with Crippen LogP contribution < -0.4 is 0 Å². The van der Waals surface area contributed by atoms with Crippen molar-refractivity contribution in [3.05, 3.63) is 0 Å². The second-order valence-electron chi connectivity index (χ2n) is 1.07. The topological polar surface area (TPSA) is 17.1 Å². The third-order valence-corrected chi connectivity index (χ3v) is 0.529. The van der Waals surface area contributed by atoms with E-state index >= 15 is 0 Å². The Hall–Kier alpha value is -0.770. The summed E-state index contributed by atoms with van der Waals surface area (Å²) in [5.74, 6) is 5.41. The summed E-state index contributed by atoms with van der Waals surface area (Å²) in [5, 5.41) is 0. The molecule has 0 N–H and O–H groups in total. The van der Waals surface area contributed by atoms with Gasteiger partial charge in [0.2, 0.25) is 0 Å². The lowest BCUT2D eigenvalue weighted by molar-refractivity contribution is 0.552. The molecular weight excluding hydrogens is 88.1 g/mol. The lowest BCUT2D eigenvalue weighted by Crippen LogP contribution is -1.68. The molecule has 0 atom stereocenters. The Labute approximate surface area is 43.7 Å². The SMILES string of the molecule is CC#CCC[C]=O. The van der Waals surface area contributed by atoms with Crippen molar-refractivity contribution in [2.45, 2.75) is 19.8 Å². The summed E-state index contributed by atoms with van der Waals surface area (Å²) in [5.41, 5.74) is 0. The molecule has 37 valence electrons. The molecule has 0 bridgehead atoms. The lowest BCUT2D eigenvalue weighted by Gasteiger charge is -1.70. The molecule has 0 aliphatic rings. The van der Waals surface area contributed by atoms with Crippen LogP contribution in [0.25, 0.3) is 0 Å². The summed E-state index contributed by atoms with van der Waals surface area (Å²) in [6.45, 7) is 1.75. The van der Waals surface area contributed by atoms with Gasteiger partial charge in [-0.05, 0) is 6.92 Å². The quantitative estimate of drug-likeness (QED) is 0.368. The first kappa shape index (κ1) is 6.23. The molecule has 0 aromatic carbocycles. The van der Waals surface area contributed by atoms with Gasteiger partial charge in [0.25, 0.3) is 0 Å². The van der Waals surface area contributed by atoms with Gasteiger partial charge in [0.15, 0.2) is 6.29 Å². The average molecular weight is 95.1 g/mol. The highest BCUT2D eigenvalue weighted by molar-refractivity contribution is 5.50. The molecule has 0 aromatic rings. The zero-order valence-corrected chi connectivity index (χ0v) is 4.32. The van der Waals surface area contributed by atoms with Crippen molar-refractivity contribution in [1.29, 1.82) is 0 Å². The first-order valence-electron chi connectivity index (χ1n) is 2.16. The maximum absolute atomic E-state index is 9.49. The molecule has 0 unspecified atom stereocenters. The molecule has 0 aliphatic carbocycles. The van der Waals surface area contributed by atoms with E-state index < -0.39 is 0 Å². The predicted octanol–water partition coefficient (Wildman–Crippen LogP) is 0.900. The third-order valence-electron chi connectivity index (χ3n) is 0.529.